The first kappa shape index (κ1) is 19.0. The lowest BCUT2D eigenvalue weighted by Crippen LogP contribution is -2.24. The van der Waals surface area contributed by atoms with Crippen molar-refractivity contribution in [3.63, 3.8) is 0 Å². The summed E-state index contributed by atoms with van der Waals surface area (Å²) in [5.41, 5.74) is 0.927. The fraction of sp³-hybridized carbons (Fsp3) is 0.222. The molecule has 1 atom stereocenters. The lowest BCUT2D eigenvalue weighted by molar-refractivity contribution is -0.385. The van der Waals surface area contributed by atoms with E-state index in [0.717, 1.165) is 0 Å². The van der Waals surface area contributed by atoms with E-state index in [4.69, 9.17) is 0 Å². The highest BCUT2D eigenvalue weighted by Crippen LogP contribution is 2.38. The Morgan fingerprint density at radius 3 is 2.54 bits per heavy atom. The molecule has 0 saturated heterocycles. The van der Waals surface area contributed by atoms with Crippen LogP contribution >= 0.6 is 0 Å². The predicted octanol–water partition coefficient (Wildman–Crippen LogP) is 3.21. The molecule has 0 aliphatic carbocycles. The highest BCUT2D eigenvalue weighted by Gasteiger charge is 2.34. The summed E-state index contributed by atoms with van der Waals surface area (Å²) in [7, 11) is 0. The number of aromatic hydroxyl groups is 1. The van der Waals surface area contributed by atoms with E-state index in [1.807, 2.05) is 0 Å². The number of hydrazone groups is 1. The third-order valence-electron chi connectivity index (χ3n) is 4.44. The van der Waals surface area contributed by atoms with Gasteiger partial charge in [0.2, 0.25) is 11.7 Å². The van der Waals surface area contributed by atoms with Crippen LogP contribution in [0.25, 0.3) is 0 Å². The van der Waals surface area contributed by atoms with Crippen LogP contribution in [0.4, 0.5) is 11.4 Å². The number of non-ortho nitro benzene ring substituents is 1. The second kappa shape index (κ2) is 7.06. The molecular weight excluding hydrogens is 368 g/mol. The lowest BCUT2D eigenvalue weighted by atomic mass is 9.96. The molecule has 1 N–H and O–H groups in total. The second-order valence-electron chi connectivity index (χ2n) is 6.42. The minimum absolute atomic E-state index is 0.122. The summed E-state index contributed by atoms with van der Waals surface area (Å²) < 4.78 is 0. The number of aryl methyl sites for hydroxylation is 1. The maximum Gasteiger partial charge on any atom is 0.311 e. The Balaban J connectivity index is 2.06. The van der Waals surface area contributed by atoms with Crippen molar-refractivity contribution in [2.45, 2.75) is 26.3 Å². The zero-order chi connectivity index (χ0) is 20.6. The zero-order valence-electron chi connectivity index (χ0n) is 15.0. The molecule has 1 aliphatic heterocycles. The number of benzene rings is 2. The zero-order valence-corrected chi connectivity index (χ0v) is 15.0. The molecule has 2 aromatic rings. The topological polar surface area (TPSA) is 139 Å². The molecule has 0 aromatic heterocycles. The van der Waals surface area contributed by atoms with E-state index in [-0.39, 0.29) is 23.4 Å². The van der Waals surface area contributed by atoms with Crippen LogP contribution in [0.5, 0.6) is 5.75 Å². The number of phenols is 1. The SMILES string of the molecule is CC(=O)N1N=C(c2cc(C)cc([N+](=O)[O-])c2O)CC1c1cccc([N+](=O)[O-])c1. The van der Waals surface area contributed by atoms with Crippen molar-refractivity contribution in [1.82, 2.24) is 5.01 Å². The summed E-state index contributed by atoms with van der Waals surface area (Å²) >= 11 is 0. The molecule has 1 heterocycles. The molecule has 28 heavy (non-hydrogen) atoms. The maximum atomic E-state index is 12.1. The third kappa shape index (κ3) is 3.39. The van der Waals surface area contributed by atoms with Crippen LogP contribution in [0.15, 0.2) is 41.5 Å². The summed E-state index contributed by atoms with van der Waals surface area (Å²) in [5.74, 6) is -0.925. The van der Waals surface area contributed by atoms with Gasteiger partial charge in [-0.3, -0.25) is 25.0 Å². The second-order valence-corrected chi connectivity index (χ2v) is 6.42. The third-order valence-corrected chi connectivity index (χ3v) is 4.44. The van der Waals surface area contributed by atoms with Crippen LogP contribution in [-0.4, -0.2) is 31.6 Å². The molecule has 1 amide bonds. The molecule has 0 fully saturated rings. The number of nitro benzene ring substituents is 2. The largest absolute Gasteiger partial charge is 0.502 e. The van der Waals surface area contributed by atoms with Gasteiger partial charge in [0.15, 0.2) is 0 Å². The van der Waals surface area contributed by atoms with Crippen molar-refractivity contribution in [3.8, 4) is 5.75 Å². The quantitative estimate of drug-likeness (QED) is 0.634. The van der Waals surface area contributed by atoms with E-state index in [1.54, 1.807) is 19.1 Å². The minimum Gasteiger partial charge on any atom is -0.502 e. The number of amides is 1. The number of nitro groups is 2. The van der Waals surface area contributed by atoms with Gasteiger partial charge in [-0.2, -0.15) is 5.10 Å². The van der Waals surface area contributed by atoms with Crippen LogP contribution in [0, 0.1) is 27.2 Å². The Morgan fingerprint density at radius 1 is 1.21 bits per heavy atom. The number of carbonyl (C=O) groups excluding carboxylic acids is 1. The van der Waals surface area contributed by atoms with Crippen molar-refractivity contribution in [1.29, 1.82) is 0 Å². The summed E-state index contributed by atoms with van der Waals surface area (Å²) in [6.07, 6.45) is 0.148. The van der Waals surface area contributed by atoms with Crippen molar-refractivity contribution < 1.29 is 19.7 Å². The summed E-state index contributed by atoms with van der Waals surface area (Å²) in [6.45, 7) is 2.95. The van der Waals surface area contributed by atoms with Gasteiger partial charge in [-0.1, -0.05) is 12.1 Å². The number of carbonyl (C=O) groups is 1. The van der Waals surface area contributed by atoms with Crippen molar-refractivity contribution in [2.75, 3.05) is 0 Å². The van der Waals surface area contributed by atoms with Gasteiger partial charge in [-0.05, 0) is 24.1 Å². The molecule has 10 nitrogen and oxygen atoms in total. The van der Waals surface area contributed by atoms with E-state index in [1.165, 1.54) is 36.2 Å². The number of nitrogens with zero attached hydrogens (tertiary/aromatic N) is 4. The smallest absolute Gasteiger partial charge is 0.311 e. The average Bonchev–Trinajstić information content (AvgIpc) is 3.08. The maximum absolute atomic E-state index is 12.1. The van der Waals surface area contributed by atoms with Crippen LogP contribution < -0.4 is 0 Å². The molecule has 3 rings (SSSR count). The summed E-state index contributed by atoms with van der Waals surface area (Å²) in [5, 5.41) is 38.0. The van der Waals surface area contributed by atoms with Crippen LogP contribution in [0.2, 0.25) is 0 Å². The average molecular weight is 384 g/mol. The Kier molecular flexibility index (Phi) is 4.78. The number of hydrogen-bond acceptors (Lipinski definition) is 7. The minimum atomic E-state index is -0.692. The molecule has 0 saturated carbocycles. The first-order chi connectivity index (χ1) is 13.2. The number of phenolic OH excluding ortho intramolecular Hbond substituents is 1. The molecule has 0 bridgehead atoms. The van der Waals surface area contributed by atoms with E-state index in [2.05, 4.69) is 5.10 Å². The Hall–Kier alpha value is -3.82. The molecule has 0 spiro atoms. The van der Waals surface area contributed by atoms with Gasteiger partial charge in [0, 0.05) is 37.1 Å². The molecule has 10 heteroatoms. The summed E-state index contributed by atoms with van der Waals surface area (Å²) in [6, 6.07) is 8.03. The van der Waals surface area contributed by atoms with Gasteiger partial charge in [0.25, 0.3) is 5.69 Å². The predicted molar refractivity (Wildman–Crippen MR) is 99.0 cm³/mol. The highest BCUT2D eigenvalue weighted by molar-refractivity contribution is 6.06. The number of rotatable bonds is 4. The molecule has 0 radical (unpaired) electrons. The normalized spacial score (nSPS) is 16.0. The van der Waals surface area contributed by atoms with Gasteiger partial charge >= 0.3 is 5.69 Å². The van der Waals surface area contributed by atoms with Gasteiger partial charge in [-0.15, -0.1) is 0 Å². The monoisotopic (exact) mass is 384 g/mol. The van der Waals surface area contributed by atoms with E-state index < -0.39 is 33.2 Å². The number of hydrogen-bond donors (Lipinski definition) is 1. The van der Waals surface area contributed by atoms with Crippen LogP contribution in [-0.2, 0) is 4.79 Å². The lowest BCUT2D eigenvalue weighted by Gasteiger charge is -2.20. The molecule has 1 aliphatic rings. The molecule has 1 unspecified atom stereocenters. The van der Waals surface area contributed by atoms with E-state index >= 15 is 0 Å². The van der Waals surface area contributed by atoms with Crippen LogP contribution in [0.1, 0.15) is 36.1 Å². The Morgan fingerprint density at radius 2 is 1.93 bits per heavy atom. The van der Waals surface area contributed by atoms with Crippen molar-refractivity contribution in [2.24, 2.45) is 5.10 Å². The summed E-state index contributed by atoms with van der Waals surface area (Å²) in [4.78, 5) is 33.1. The standard InChI is InChI=1S/C18H16N4O6/c1-10-6-14(18(24)17(7-10)22(27)28)15-9-16(20(19-15)11(2)23)12-4-3-5-13(8-12)21(25)26/h3-8,16,24H,9H2,1-2H3. The van der Waals surface area contributed by atoms with Gasteiger partial charge in [0.05, 0.1) is 21.6 Å². The Bertz CT molecular complexity index is 1030. The van der Waals surface area contributed by atoms with Crippen LogP contribution in [0.3, 0.4) is 0 Å². The van der Waals surface area contributed by atoms with Crippen molar-refractivity contribution >= 4 is 23.0 Å². The molecule has 144 valence electrons. The fourth-order valence-corrected chi connectivity index (χ4v) is 3.19. The van der Waals surface area contributed by atoms with Gasteiger partial charge in [0.1, 0.15) is 0 Å². The van der Waals surface area contributed by atoms with E-state index in [9.17, 15) is 30.1 Å². The van der Waals surface area contributed by atoms with E-state index in [0.29, 0.717) is 11.1 Å². The highest BCUT2D eigenvalue weighted by atomic mass is 16.6. The first-order valence-corrected chi connectivity index (χ1v) is 8.29. The van der Waals surface area contributed by atoms with Gasteiger partial charge < -0.3 is 5.11 Å². The molecule has 2 aromatic carbocycles. The Labute approximate surface area is 159 Å². The van der Waals surface area contributed by atoms with Gasteiger partial charge in [-0.25, -0.2) is 5.01 Å². The van der Waals surface area contributed by atoms with Crippen molar-refractivity contribution in [3.05, 3.63) is 73.3 Å². The molecular formula is C18H16N4O6. The first-order valence-electron chi connectivity index (χ1n) is 8.29. The fourth-order valence-electron chi connectivity index (χ4n) is 3.19.